The lowest BCUT2D eigenvalue weighted by Gasteiger charge is -2.24. The van der Waals surface area contributed by atoms with E-state index in [0.717, 1.165) is 22.8 Å². The summed E-state index contributed by atoms with van der Waals surface area (Å²) < 4.78 is 15.9. The summed E-state index contributed by atoms with van der Waals surface area (Å²) in [6, 6.07) is 14.9. The molecule has 0 heterocycles. The SMILES string of the molecule is COc1ccc(OCCNC(=O)C(C)(C)c2ccc(OC)cc2)cc1. The molecular formula is C20H25NO4. The van der Waals surface area contributed by atoms with Gasteiger partial charge >= 0.3 is 0 Å². The first-order valence-electron chi connectivity index (χ1n) is 8.17. The van der Waals surface area contributed by atoms with Gasteiger partial charge < -0.3 is 19.5 Å². The molecule has 0 bridgehead atoms. The van der Waals surface area contributed by atoms with Crippen LogP contribution in [0.4, 0.5) is 0 Å². The Bertz CT molecular complexity index is 678. The molecule has 0 aromatic heterocycles. The van der Waals surface area contributed by atoms with Gasteiger partial charge in [-0.3, -0.25) is 4.79 Å². The van der Waals surface area contributed by atoms with E-state index in [4.69, 9.17) is 14.2 Å². The number of hydrogen-bond donors (Lipinski definition) is 1. The van der Waals surface area contributed by atoms with Crippen molar-refractivity contribution in [2.45, 2.75) is 19.3 Å². The smallest absolute Gasteiger partial charge is 0.230 e. The number of hydrogen-bond acceptors (Lipinski definition) is 4. The number of carbonyl (C=O) groups is 1. The Labute approximate surface area is 148 Å². The van der Waals surface area contributed by atoms with Crippen molar-refractivity contribution in [3.63, 3.8) is 0 Å². The minimum atomic E-state index is -0.633. The zero-order valence-electron chi connectivity index (χ0n) is 15.2. The number of rotatable bonds is 8. The zero-order valence-corrected chi connectivity index (χ0v) is 15.2. The molecule has 1 amide bonds. The number of carbonyl (C=O) groups excluding carboxylic acids is 1. The second-order valence-electron chi connectivity index (χ2n) is 6.13. The minimum Gasteiger partial charge on any atom is -0.497 e. The fraction of sp³-hybridized carbons (Fsp3) is 0.350. The molecule has 2 rings (SSSR count). The molecule has 0 saturated heterocycles. The third-order valence-corrected chi connectivity index (χ3v) is 4.10. The molecule has 2 aromatic carbocycles. The molecule has 2 aromatic rings. The van der Waals surface area contributed by atoms with Gasteiger partial charge in [-0.25, -0.2) is 0 Å². The standard InChI is InChI=1S/C20H25NO4/c1-20(2,15-5-7-16(23-3)8-6-15)19(22)21-13-14-25-18-11-9-17(24-4)10-12-18/h5-12H,13-14H2,1-4H3,(H,21,22). The van der Waals surface area contributed by atoms with Crippen LogP contribution in [0.3, 0.4) is 0 Å². The molecule has 0 unspecified atom stereocenters. The quantitative estimate of drug-likeness (QED) is 0.748. The van der Waals surface area contributed by atoms with Crippen molar-refractivity contribution < 1.29 is 19.0 Å². The summed E-state index contributed by atoms with van der Waals surface area (Å²) in [5.41, 5.74) is 0.300. The molecule has 0 radical (unpaired) electrons. The first kappa shape index (κ1) is 18.6. The lowest BCUT2D eigenvalue weighted by molar-refractivity contribution is -0.125. The lowest BCUT2D eigenvalue weighted by Crippen LogP contribution is -2.41. The maximum atomic E-state index is 12.5. The van der Waals surface area contributed by atoms with Gasteiger partial charge in [0, 0.05) is 0 Å². The van der Waals surface area contributed by atoms with Crippen molar-refractivity contribution in [1.29, 1.82) is 0 Å². The van der Waals surface area contributed by atoms with Gasteiger partial charge in [-0.05, 0) is 55.8 Å². The highest BCUT2D eigenvalue weighted by molar-refractivity contribution is 5.87. The van der Waals surface area contributed by atoms with E-state index >= 15 is 0 Å². The van der Waals surface area contributed by atoms with Crippen LogP contribution in [0, 0.1) is 0 Å². The summed E-state index contributed by atoms with van der Waals surface area (Å²) in [6.07, 6.45) is 0. The highest BCUT2D eigenvalue weighted by Crippen LogP contribution is 2.25. The van der Waals surface area contributed by atoms with E-state index in [1.165, 1.54) is 0 Å². The number of ether oxygens (including phenoxy) is 3. The first-order chi connectivity index (χ1) is 12.0. The molecule has 0 aliphatic rings. The second-order valence-corrected chi connectivity index (χ2v) is 6.13. The number of benzene rings is 2. The van der Waals surface area contributed by atoms with Crippen molar-refractivity contribution in [3.8, 4) is 17.2 Å². The molecule has 5 heteroatoms. The van der Waals surface area contributed by atoms with E-state index in [1.807, 2.05) is 62.4 Å². The van der Waals surface area contributed by atoms with Crippen molar-refractivity contribution in [2.75, 3.05) is 27.4 Å². The molecule has 1 N–H and O–H groups in total. The van der Waals surface area contributed by atoms with Crippen LogP contribution in [0.1, 0.15) is 19.4 Å². The van der Waals surface area contributed by atoms with Crippen LogP contribution in [0.5, 0.6) is 17.2 Å². The Morgan fingerprint density at radius 3 is 1.88 bits per heavy atom. The number of nitrogens with one attached hydrogen (secondary N) is 1. The number of amides is 1. The van der Waals surface area contributed by atoms with E-state index in [2.05, 4.69) is 5.32 Å². The molecule has 25 heavy (non-hydrogen) atoms. The molecule has 0 aliphatic carbocycles. The average molecular weight is 343 g/mol. The van der Waals surface area contributed by atoms with E-state index < -0.39 is 5.41 Å². The third kappa shape index (κ3) is 4.89. The Hall–Kier alpha value is -2.69. The summed E-state index contributed by atoms with van der Waals surface area (Å²) in [7, 11) is 3.24. The molecule has 5 nitrogen and oxygen atoms in total. The third-order valence-electron chi connectivity index (χ3n) is 4.10. The van der Waals surface area contributed by atoms with E-state index in [-0.39, 0.29) is 5.91 Å². The Morgan fingerprint density at radius 2 is 1.36 bits per heavy atom. The van der Waals surface area contributed by atoms with Gasteiger partial charge in [0.15, 0.2) is 0 Å². The van der Waals surface area contributed by atoms with Gasteiger partial charge in [0.05, 0.1) is 26.2 Å². The molecule has 0 aliphatic heterocycles. The van der Waals surface area contributed by atoms with Crippen LogP contribution in [0.15, 0.2) is 48.5 Å². The Morgan fingerprint density at radius 1 is 0.880 bits per heavy atom. The zero-order chi connectivity index (χ0) is 18.3. The largest absolute Gasteiger partial charge is 0.497 e. The van der Waals surface area contributed by atoms with Gasteiger partial charge in [-0.2, -0.15) is 0 Å². The fourth-order valence-electron chi connectivity index (χ4n) is 2.37. The first-order valence-corrected chi connectivity index (χ1v) is 8.17. The predicted molar refractivity (Wildman–Crippen MR) is 97.5 cm³/mol. The normalized spacial score (nSPS) is 10.9. The summed E-state index contributed by atoms with van der Waals surface area (Å²) >= 11 is 0. The van der Waals surface area contributed by atoms with Crippen LogP contribution in [-0.2, 0) is 10.2 Å². The van der Waals surface area contributed by atoms with E-state index in [9.17, 15) is 4.79 Å². The molecule has 134 valence electrons. The van der Waals surface area contributed by atoms with Crippen molar-refractivity contribution in [1.82, 2.24) is 5.32 Å². The molecule has 0 saturated carbocycles. The topological polar surface area (TPSA) is 56.8 Å². The van der Waals surface area contributed by atoms with Crippen LogP contribution in [0.2, 0.25) is 0 Å². The summed E-state index contributed by atoms with van der Waals surface area (Å²) in [5.74, 6) is 2.25. The molecule has 0 fully saturated rings. The predicted octanol–water partition coefficient (Wildman–Crippen LogP) is 3.18. The minimum absolute atomic E-state index is 0.0454. The molecule has 0 spiro atoms. The van der Waals surface area contributed by atoms with Gasteiger partial charge in [-0.15, -0.1) is 0 Å². The maximum absolute atomic E-state index is 12.5. The number of methoxy groups -OCH3 is 2. The van der Waals surface area contributed by atoms with E-state index in [1.54, 1.807) is 14.2 Å². The monoisotopic (exact) mass is 343 g/mol. The maximum Gasteiger partial charge on any atom is 0.230 e. The highest BCUT2D eigenvalue weighted by Gasteiger charge is 2.29. The van der Waals surface area contributed by atoms with Gasteiger partial charge in [0.25, 0.3) is 0 Å². The van der Waals surface area contributed by atoms with Gasteiger partial charge in [-0.1, -0.05) is 12.1 Å². The van der Waals surface area contributed by atoms with E-state index in [0.29, 0.717) is 13.2 Å². The van der Waals surface area contributed by atoms with Crippen molar-refractivity contribution in [2.24, 2.45) is 0 Å². The van der Waals surface area contributed by atoms with Gasteiger partial charge in [0.1, 0.15) is 23.9 Å². The Balaban J connectivity index is 1.83. The molecule has 0 atom stereocenters. The Kier molecular flexibility index (Phi) is 6.28. The van der Waals surface area contributed by atoms with Crippen LogP contribution in [0.25, 0.3) is 0 Å². The van der Waals surface area contributed by atoms with Crippen molar-refractivity contribution >= 4 is 5.91 Å². The highest BCUT2D eigenvalue weighted by atomic mass is 16.5. The van der Waals surface area contributed by atoms with Gasteiger partial charge in [0.2, 0.25) is 5.91 Å². The second kappa shape index (κ2) is 8.42. The van der Waals surface area contributed by atoms with Crippen LogP contribution in [-0.4, -0.2) is 33.3 Å². The van der Waals surface area contributed by atoms with Crippen LogP contribution >= 0.6 is 0 Å². The fourth-order valence-corrected chi connectivity index (χ4v) is 2.37. The summed E-state index contributed by atoms with van der Waals surface area (Å²) in [5, 5.41) is 2.92. The molecular weight excluding hydrogens is 318 g/mol. The average Bonchev–Trinajstić information content (AvgIpc) is 2.65. The lowest BCUT2D eigenvalue weighted by atomic mass is 9.83. The summed E-state index contributed by atoms with van der Waals surface area (Å²) in [4.78, 5) is 12.5. The summed E-state index contributed by atoms with van der Waals surface area (Å²) in [6.45, 7) is 4.63. The van der Waals surface area contributed by atoms with Crippen molar-refractivity contribution in [3.05, 3.63) is 54.1 Å². The van der Waals surface area contributed by atoms with Crippen LogP contribution < -0.4 is 19.5 Å².